The van der Waals surface area contributed by atoms with E-state index in [9.17, 15) is 0 Å². The predicted molar refractivity (Wildman–Crippen MR) is 113 cm³/mol. The van der Waals surface area contributed by atoms with Crippen molar-refractivity contribution in [2.24, 2.45) is 9.98 Å². The molecule has 0 saturated carbocycles. The summed E-state index contributed by atoms with van der Waals surface area (Å²) >= 11 is 0. The van der Waals surface area contributed by atoms with Crippen LogP contribution >= 0.6 is 0 Å². The molecule has 2 aromatic rings. The molecule has 0 amide bonds. The molecule has 0 N–H and O–H groups in total. The van der Waals surface area contributed by atoms with Crippen molar-refractivity contribution in [1.29, 1.82) is 0 Å². The van der Waals surface area contributed by atoms with E-state index in [2.05, 4.69) is 76.2 Å². The summed E-state index contributed by atoms with van der Waals surface area (Å²) in [6.07, 6.45) is 4.07. The number of hydrogen-bond acceptors (Lipinski definition) is 2. The zero-order chi connectivity index (χ0) is 18.9. The highest BCUT2D eigenvalue weighted by Gasteiger charge is 2.21. The number of fused-ring (bicyclic) bond motifs is 5. The Labute approximate surface area is 157 Å². The first-order chi connectivity index (χ1) is 12.2. The predicted octanol–water partition coefficient (Wildman–Crippen LogP) is 6.32. The van der Waals surface area contributed by atoms with Crippen molar-refractivity contribution in [3.63, 3.8) is 0 Å². The highest BCUT2D eigenvalue weighted by molar-refractivity contribution is 5.78. The van der Waals surface area contributed by atoms with Gasteiger partial charge in [-0.05, 0) is 36.1 Å². The average Bonchev–Trinajstić information content (AvgIpc) is 2.64. The van der Waals surface area contributed by atoms with Crippen LogP contribution < -0.4 is 0 Å². The maximum absolute atomic E-state index is 4.72. The SMILES string of the molecule is CC1=C(C)N=CC(C)(C)c2cccc(c2)-c2cccc(c2)C(C)(C)C=N1. The third-order valence-electron chi connectivity index (χ3n) is 5.23. The Hall–Kier alpha value is -2.48. The summed E-state index contributed by atoms with van der Waals surface area (Å²) in [5.74, 6) is 0. The minimum absolute atomic E-state index is 0.151. The van der Waals surface area contributed by atoms with Crippen LogP contribution in [-0.4, -0.2) is 12.4 Å². The van der Waals surface area contributed by atoms with Gasteiger partial charge in [0.15, 0.2) is 0 Å². The number of hydrogen-bond donors (Lipinski definition) is 0. The Morgan fingerprint density at radius 3 is 1.38 bits per heavy atom. The molecule has 2 aromatic carbocycles. The van der Waals surface area contributed by atoms with Gasteiger partial charge in [0.25, 0.3) is 0 Å². The number of aliphatic imine (C=N–C) groups is 2. The van der Waals surface area contributed by atoms with E-state index in [1.54, 1.807) is 0 Å². The molecule has 0 fully saturated rings. The minimum Gasteiger partial charge on any atom is -0.263 e. The standard InChI is InChI=1S/C24H28N2/c1-17-18(2)26-16-24(5,6)22-12-8-10-20(14-22)19-9-7-11-21(13-19)23(3,4)15-25-17/h7-16H,1-6H3. The van der Waals surface area contributed by atoms with Gasteiger partial charge in [0.2, 0.25) is 0 Å². The van der Waals surface area contributed by atoms with Crippen LogP contribution in [0.5, 0.6) is 0 Å². The molecular weight excluding hydrogens is 316 g/mol. The highest BCUT2D eigenvalue weighted by atomic mass is 14.8. The fraction of sp³-hybridized carbons (Fsp3) is 0.333. The maximum Gasteiger partial charge on any atom is 0.0580 e. The minimum atomic E-state index is -0.151. The summed E-state index contributed by atoms with van der Waals surface area (Å²) in [5.41, 5.74) is 6.59. The molecular formula is C24H28N2. The lowest BCUT2D eigenvalue weighted by atomic mass is 9.82. The largest absolute Gasteiger partial charge is 0.263 e. The number of benzene rings is 2. The Kier molecular flexibility index (Phi) is 4.70. The van der Waals surface area contributed by atoms with Gasteiger partial charge in [-0.15, -0.1) is 0 Å². The van der Waals surface area contributed by atoms with Gasteiger partial charge < -0.3 is 0 Å². The number of allylic oxidation sites excluding steroid dienone is 2. The van der Waals surface area contributed by atoms with Crippen LogP contribution in [0.2, 0.25) is 0 Å². The van der Waals surface area contributed by atoms with Gasteiger partial charge in [-0.25, -0.2) is 0 Å². The van der Waals surface area contributed by atoms with E-state index in [0.29, 0.717) is 0 Å². The smallest absolute Gasteiger partial charge is 0.0580 e. The molecule has 4 bridgehead atoms. The Balaban J connectivity index is 2.27. The molecule has 2 heteroatoms. The van der Waals surface area contributed by atoms with Crippen LogP contribution in [0.4, 0.5) is 0 Å². The van der Waals surface area contributed by atoms with E-state index in [1.807, 2.05) is 26.3 Å². The van der Waals surface area contributed by atoms with Crippen molar-refractivity contribution in [3.8, 4) is 11.1 Å². The zero-order valence-electron chi connectivity index (χ0n) is 16.7. The van der Waals surface area contributed by atoms with Gasteiger partial charge >= 0.3 is 0 Å². The molecule has 0 unspecified atom stereocenters. The third-order valence-corrected chi connectivity index (χ3v) is 5.23. The van der Waals surface area contributed by atoms with Gasteiger partial charge in [0.1, 0.15) is 0 Å². The second kappa shape index (κ2) is 6.68. The van der Waals surface area contributed by atoms with Crippen molar-refractivity contribution < 1.29 is 0 Å². The van der Waals surface area contributed by atoms with E-state index in [4.69, 9.17) is 9.98 Å². The Morgan fingerprint density at radius 2 is 1.00 bits per heavy atom. The van der Waals surface area contributed by atoms with Gasteiger partial charge in [-0.1, -0.05) is 76.2 Å². The lowest BCUT2D eigenvalue weighted by molar-refractivity contribution is 0.730. The van der Waals surface area contributed by atoms with Crippen molar-refractivity contribution in [2.45, 2.75) is 52.4 Å². The number of rotatable bonds is 0. The van der Waals surface area contributed by atoms with Crippen LogP contribution in [0.15, 0.2) is 69.9 Å². The molecule has 0 aromatic heterocycles. The Morgan fingerprint density at radius 1 is 0.615 bits per heavy atom. The summed E-state index contributed by atoms with van der Waals surface area (Å²) in [4.78, 5) is 9.43. The monoisotopic (exact) mass is 344 g/mol. The van der Waals surface area contributed by atoms with Crippen LogP contribution in [-0.2, 0) is 10.8 Å². The first kappa shape index (κ1) is 18.3. The molecule has 1 aliphatic heterocycles. The van der Waals surface area contributed by atoms with E-state index in [0.717, 1.165) is 11.4 Å². The van der Waals surface area contributed by atoms with Gasteiger partial charge in [0.05, 0.1) is 11.4 Å². The highest BCUT2D eigenvalue weighted by Crippen LogP contribution is 2.31. The van der Waals surface area contributed by atoms with Gasteiger partial charge in [-0.3, -0.25) is 9.98 Å². The lowest BCUT2D eigenvalue weighted by Crippen LogP contribution is -2.20. The number of nitrogens with zero attached hydrogens (tertiary/aromatic N) is 2. The summed E-state index contributed by atoms with van der Waals surface area (Å²) in [6.45, 7) is 12.9. The zero-order valence-corrected chi connectivity index (χ0v) is 16.7. The van der Waals surface area contributed by atoms with Crippen molar-refractivity contribution >= 4 is 12.4 Å². The van der Waals surface area contributed by atoms with Gasteiger partial charge in [-0.2, -0.15) is 0 Å². The first-order valence-corrected chi connectivity index (χ1v) is 9.18. The molecule has 2 nitrogen and oxygen atoms in total. The van der Waals surface area contributed by atoms with E-state index in [1.165, 1.54) is 22.3 Å². The first-order valence-electron chi connectivity index (χ1n) is 9.18. The summed E-state index contributed by atoms with van der Waals surface area (Å²) < 4.78 is 0. The van der Waals surface area contributed by atoms with E-state index in [-0.39, 0.29) is 10.8 Å². The van der Waals surface area contributed by atoms with Gasteiger partial charge in [0, 0.05) is 23.3 Å². The van der Waals surface area contributed by atoms with Crippen LogP contribution in [0.1, 0.15) is 52.7 Å². The fourth-order valence-corrected chi connectivity index (χ4v) is 3.05. The molecule has 134 valence electrons. The molecule has 0 spiro atoms. The quantitative estimate of drug-likeness (QED) is 0.534. The second-order valence-corrected chi connectivity index (χ2v) is 8.29. The average molecular weight is 345 g/mol. The molecule has 3 rings (SSSR count). The van der Waals surface area contributed by atoms with E-state index < -0.39 is 0 Å². The van der Waals surface area contributed by atoms with Crippen molar-refractivity contribution in [3.05, 3.63) is 71.1 Å². The topological polar surface area (TPSA) is 24.7 Å². The summed E-state index contributed by atoms with van der Waals surface area (Å²) in [6, 6.07) is 17.6. The van der Waals surface area contributed by atoms with Crippen molar-refractivity contribution in [1.82, 2.24) is 0 Å². The normalized spacial score (nSPS) is 18.5. The molecule has 0 radical (unpaired) electrons. The second-order valence-electron chi connectivity index (χ2n) is 8.29. The lowest BCUT2D eigenvalue weighted by Gasteiger charge is -2.23. The van der Waals surface area contributed by atoms with Crippen LogP contribution in [0.3, 0.4) is 0 Å². The third kappa shape index (κ3) is 3.70. The molecule has 0 saturated heterocycles. The van der Waals surface area contributed by atoms with E-state index >= 15 is 0 Å². The summed E-state index contributed by atoms with van der Waals surface area (Å²) in [7, 11) is 0. The van der Waals surface area contributed by atoms with Crippen molar-refractivity contribution in [2.75, 3.05) is 0 Å². The van der Waals surface area contributed by atoms with Crippen LogP contribution in [0.25, 0.3) is 11.1 Å². The molecule has 1 heterocycles. The summed E-state index contributed by atoms with van der Waals surface area (Å²) in [5, 5.41) is 0. The molecule has 26 heavy (non-hydrogen) atoms. The molecule has 0 atom stereocenters. The maximum atomic E-state index is 4.72. The van der Waals surface area contributed by atoms with Crippen LogP contribution in [0, 0.1) is 0 Å². The molecule has 1 aliphatic rings. The fourth-order valence-electron chi connectivity index (χ4n) is 3.05. The molecule has 0 aliphatic carbocycles. The Bertz CT molecular complexity index is 836.